The lowest BCUT2D eigenvalue weighted by Gasteiger charge is -2.21. The zero-order chi connectivity index (χ0) is 19.3. The number of phenols is 1. The number of carbonyl (C=O) groups excluding carboxylic acids is 2. The van der Waals surface area contributed by atoms with Crippen LogP contribution in [-0.2, 0) is 0 Å². The first-order valence-electron chi connectivity index (χ1n) is 9.23. The number of nitrogens with zero attached hydrogens (tertiary/aromatic N) is 2. The molecule has 0 aliphatic carbocycles. The summed E-state index contributed by atoms with van der Waals surface area (Å²) in [6, 6.07) is 7.03. The predicted molar refractivity (Wildman–Crippen MR) is 116 cm³/mol. The van der Waals surface area contributed by atoms with Crippen LogP contribution in [0.15, 0.2) is 24.3 Å². The van der Waals surface area contributed by atoms with E-state index in [-0.39, 0.29) is 30.0 Å². The number of rotatable bonds is 5. The van der Waals surface area contributed by atoms with E-state index in [1.54, 1.807) is 23.5 Å². The highest BCUT2D eigenvalue weighted by molar-refractivity contribution is 7.26. The molecule has 0 spiro atoms. The molecule has 2 amide bonds. The molecular weight excluding hydrogens is 396 g/mol. The number of hydrogen-bond donors (Lipinski definition) is 1. The first-order chi connectivity index (χ1) is 13.0. The van der Waals surface area contributed by atoms with Crippen molar-refractivity contribution >= 4 is 55.7 Å². The highest BCUT2D eigenvalue weighted by Crippen LogP contribution is 2.42. The first kappa shape index (κ1) is 20.6. The summed E-state index contributed by atoms with van der Waals surface area (Å²) in [6.45, 7) is 8.95. The fraction of sp³-hybridized carbons (Fsp3) is 0.333. The molecule has 4 rings (SSSR count). The molecule has 2 heterocycles. The summed E-state index contributed by atoms with van der Waals surface area (Å²) in [4.78, 5) is 29.7. The average Bonchev–Trinajstić information content (AvgIpc) is 3.13. The molecule has 148 valence electrons. The number of hydrogen-bond acceptors (Lipinski definition) is 5. The van der Waals surface area contributed by atoms with Crippen molar-refractivity contribution in [1.82, 2.24) is 9.80 Å². The smallest absolute Gasteiger partial charge is 0.262 e. The van der Waals surface area contributed by atoms with Crippen LogP contribution >= 0.6 is 23.7 Å². The summed E-state index contributed by atoms with van der Waals surface area (Å²) in [5.74, 6) is -0.283. The molecule has 0 fully saturated rings. The van der Waals surface area contributed by atoms with Crippen LogP contribution in [0.2, 0.25) is 0 Å². The molecule has 28 heavy (non-hydrogen) atoms. The van der Waals surface area contributed by atoms with Crippen LogP contribution in [0, 0.1) is 6.92 Å². The van der Waals surface area contributed by atoms with Crippen LogP contribution in [0.1, 0.15) is 40.1 Å². The van der Waals surface area contributed by atoms with Crippen molar-refractivity contribution in [2.45, 2.75) is 20.8 Å². The van der Waals surface area contributed by atoms with Gasteiger partial charge in [0.05, 0.1) is 11.1 Å². The van der Waals surface area contributed by atoms with E-state index in [9.17, 15) is 14.7 Å². The summed E-state index contributed by atoms with van der Waals surface area (Å²) in [5.41, 5.74) is 1.95. The van der Waals surface area contributed by atoms with Crippen molar-refractivity contribution in [2.24, 2.45) is 0 Å². The maximum absolute atomic E-state index is 13.2. The summed E-state index contributed by atoms with van der Waals surface area (Å²) < 4.78 is 2.00. The molecule has 7 heteroatoms. The molecule has 0 atom stereocenters. The second-order valence-corrected chi connectivity index (χ2v) is 7.94. The number of phenolic OH excluding ortho intramolecular Hbond substituents is 1. The summed E-state index contributed by atoms with van der Waals surface area (Å²) >= 11 is 1.59. The molecule has 0 radical (unpaired) electrons. The Morgan fingerprint density at radius 2 is 1.82 bits per heavy atom. The number of carbonyl (C=O) groups is 2. The van der Waals surface area contributed by atoms with Gasteiger partial charge in [0.15, 0.2) is 0 Å². The van der Waals surface area contributed by atoms with E-state index in [1.807, 2.05) is 19.1 Å². The molecule has 2 aromatic carbocycles. The van der Waals surface area contributed by atoms with Gasteiger partial charge in [0.25, 0.3) is 11.8 Å². The number of aryl methyl sites for hydroxylation is 1. The van der Waals surface area contributed by atoms with Crippen LogP contribution < -0.4 is 0 Å². The van der Waals surface area contributed by atoms with E-state index in [2.05, 4.69) is 18.7 Å². The molecular formula is C21H23ClN2O3S. The molecule has 1 aromatic heterocycles. The standard InChI is InChI=1S/C21H22N2O3S.ClH/c1-4-22(5-2)8-9-23-20(25)15-10-12(3)19-17(18(15)21(23)26)14-11-13(24)6-7-16(14)27-19;/h6-7,10-11,24H,4-5,8-9H2,1-3H3;1H. The molecule has 0 saturated heterocycles. The van der Waals surface area contributed by atoms with E-state index < -0.39 is 0 Å². The van der Waals surface area contributed by atoms with Gasteiger partial charge in [-0.15, -0.1) is 23.7 Å². The van der Waals surface area contributed by atoms with E-state index >= 15 is 0 Å². The topological polar surface area (TPSA) is 60.9 Å². The Balaban J connectivity index is 0.00000225. The van der Waals surface area contributed by atoms with Gasteiger partial charge >= 0.3 is 0 Å². The number of fused-ring (bicyclic) bond motifs is 5. The Bertz CT molecular complexity index is 1090. The lowest BCUT2D eigenvalue weighted by Crippen LogP contribution is -2.38. The molecule has 0 saturated carbocycles. The third-order valence-electron chi connectivity index (χ3n) is 5.38. The second-order valence-electron chi connectivity index (χ2n) is 6.89. The van der Waals surface area contributed by atoms with E-state index in [4.69, 9.17) is 0 Å². The predicted octanol–water partition coefficient (Wildman–Crippen LogP) is 4.43. The van der Waals surface area contributed by atoms with E-state index in [0.29, 0.717) is 24.2 Å². The summed E-state index contributed by atoms with van der Waals surface area (Å²) in [7, 11) is 0. The van der Waals surface area contributed by atoms with Crippen LogP contribution in [0.25, 0.3) is 20.2 Å². The van der Waals surface area contributed by atoms with Gasteiger partial charge in [-0.05, 0) is 49.8 Å². The molecule has 5 nitrogen and oxygen atoms in total. The van der Waals surface area contributed by atoms with Crippen molar-refractivity contribution < 1.29 is 14.7 Å². The highest BCUT2D eigenvalue weighted by atomic mass is 35.5. The van der Waals surface area contributed by atoms with Gasteiger partial charge < -0.3 is 10.0 Å². The van der Waals surface area contributed by atoms with Gasteiger partial charge in [-0.1, -0.05) is 13.8 Å². The van der Waals surface area contributed by atoms with Crippen molar-refractivity contribution in [2.75, 3.05) is 26.2 Å². The van der Waals surface area contributed by atoms with Crippen molar-refractivity contribution in [3.05, 3.63) is 41.0 Å². The Morgan fingerprint density at radius 1 is 1.11 bits per heavy atom. The summed E-state index contributed by atoms with van der Waals surface area (Å²) in [6.07, 6.45) is 0. The third kappa shape index (κ3) is 3.05. The number of halogens is 1. The van der Waals surface area contributed by atoms with Gasteiger partial charge in [0.2, 0.25) is 0 Å². The highest BCUT2D eigenvalue weighted by Gasteiger charge is 2.38. The van der Waals surface area contributed by atoms with Gasteiger partial charge in [-0.25, -0.2) is 0 Å². The number of imide groups is 1. The molecule has 1 N–H and O–H groups in total. The van der Waals surface area contributed by atoms with Crippen LogP contribution in [0.3, 0.4) is 0 Å². The SMILES string of the molecule is CCN(CC)CCN1C(=O)c2cc(C)c3sc4ccc(O)cc4c3c2C1=O.Cl. The number of thiophene rings is 1. The molecule has 0 unspecified atom stereocenters. The minimum Gasteiger partial charge on any atom is -0.508 e. The minimum absolute atomic E-state index is 0. The second kappa shape index (κ2) is 7.70. The largest absolute Gasteiger partial charge is 0.508 e. The first-order valence-corrected chi connectivity index (χ1v) is 10.0. The van der Waals surface area contributed by atoms with Crippen molar-refractivity contribution in [1.29, 1.82) is 0 Å². The number of likely N-dealkylation sites (N-methyl/N-ethyl adjacent to an activating group) is 1. The average molecular weight is 419 g/mol. The molecule has 1 aliphatic heterocycles. The Kier molecular flexibility index (Phi) is 5.66. The lowest BCUT2D eigenvalue weighted by atomic mass is 9.99. The fourth-order valence-electron chi connectivity index (χ4n) is 3.85. The molecule has 0 bridgehead atoms. The quantitative estimate of drug-likeness (QED) is 0.623. The molecule has 3 aromatic rings. The minimum atomic E-state index is -0.227. The van der Waals surface area contributed by atoms with Gasteiger partial charge in [0, 0.05) is 33.3 Å². The monoisotopic (exact) mass is 418 g/mol. The van der Waals surface area contributed by atoms with Gasteiger partial charge in [-0.3, -0.25) is 14.5 Å². The van der Waals surface area contributed by atoms with Gasteiger partial charge in [-0.2, -0.15) is 0 Å². The third-order valence-corrected chi connectivity index (χ3v) is 6.68. The fourth-order valence-corrected chi connectivity index (χ4v) is 5.01. The van der Waals surface area contributed by atoms with Crippen molar-refractivity contribution in [3.63, 3.8) is 0 Å². The lowest BCUT2D eigenvalue weighted by molar-refractivity contribution is 0.0638. The number of benzene rings is 2. The maximum Gasteiger partial charge on any atom is 0.262 e. The van der Waals surface area contributed by atoms with Crippen molar-refractivity contribution in [3.8, 4) is 5.75 Å². The molecule has 1 aliphatic rings. The Morgan fingerprint density at radius 3 is 2.50 bits per heavy atom. The normalized spacial score (nSPS) is 13.6. The summed E-state index contributed by atoms with van der Waals surface area (Å²) in [5, 5.41) is 11.6. The van der Waals surface area contributed by atoms with Crippen LogP contribution in [-0.4, -0.2) is 52.9 Å². The van der Waals surface area contributed by atoms with E-state index in [1.165, 1.54) is 4.90 Å². The van der Waals surface area contributed by atoms with Crippen LogP contribution in [0.4, 0.5) is 0 Å². The number of amides is 2. The maximum atomic E-state index is 13.2. The zero-order valence-corrected chi connectivity index (χ0v) is 17.7. The van der Waals surface area contributed by atoms with Gasteiger partial charge in [0.1, 0.15) is 5.75 Å². The van der Waals surface area contributed by atoms with Crippen LogP contribution in [0.5, 0.6) is 5.75 Å². The Labute approximate surface area is 174 Å². The zero-order valence-electron chi connectivity index (χ0n) is 16.1. The van der Waals surface area contributed by atoms with E-state index in [0.717, 1.165) is 38.8 Å². The number of aromatic hydroxyl groups is 1. The Hall–Kier alpha value is -2.15.